The highest BCUT2D eigenvalue weighted by Crippen LogP contribution is 2.16. The molecule has 0 rings (SSSR count). The van der Waals surface area contributed by atoms with Gasteiger partial charge in [0, 0.05) is 6.61 Å². The molecule has 0 aliphatic rings. The first-order valence-electron chi connectivity index (χ1n) is 11.5. The Morgan fingerprint density at radius 3 is 1.52 bits per heavy atom. The lowest BCUT2D eigenvalue weighted by Crippen LogP contribution is -2.19. The summed E-state index contributed by atoms with van der Waals surface area (Å²) in [4.78, 5) is 0. The first-order chi connectivity index (χ1) is 12.2. The first-order valence-corrected chi connectivity index (χ1v) is 11.5. The maximum Gasteiger partial charge on any atom is 0.0599 e. The summed E-state index contributed by atoms with van der Waals surface area (Å²) in [7, 11) is 0. The third-order valence-electron chi connectivity index (χ3n) is 5.09. The number of ether oxygens (including phenoxy) is 1. The van der Waals surface area contributed by atoms with Gasteiger partial charge in [-0.15, -0.1) is 0 Å². The zero-order chi connectivity index (χ0) is 18.6. The van der Waals surface area contributed by atoms with E-state index in [1.54, 1.807) is 0 Å². The summed E-state index contributed by atoms with van der Waals surface area (Å²) in [6.45, 7) is 7.21. The highest BCUT2D eigenvalue weighted by Gasteiger charge is 2.11. The topological polar surface area (TPSA) is 29.5 Å². The second-order valence-electron chi connectivity index (χ2n) is 7.96. The van der Waals surface area contributed by atoms with Gasteiger partial charge >= 0.3 is 0 Å². The molecule has 0 bridgehead atoms. The molecule has 1 N–H and O–H groups in total. The average molecular weight is 357 g/mol. The average Bonchev–Trinajstić information content (AvgIpc) is 2.58. The summed E-state index contributed by atoms with van der Waals surface area (Å²) < 4.78 is 5.94. The van der Waals surface area contributed by atoms with Crippen LogP contribution in [0.1, 0.15) is 130 Å². The molecule has 0 amide bonds. The number of aliphatic hydroxyl groups excluding tert-OH is 1. The highest BCUT2D eigenvalue weighted by atomic mass is 16.5. The molecule has 2 nitrogen and oxygen atoms in total. The summed E-state index contributed by atoms with van der Waals surface area (Å²) in [5.41, 5.74) is 0. The van der Waals surface area contributed by atoms with Gasteiger partial charge in [-0.1, -0.05) is 104 Å². The van der Waals surface area contributed by atoms with E-state index in [1.165, 1.54) is 89.9 Å². The van der Waals surface area contributed by atoms with E-state index in [0.29, 0.717) is 0 Å². The monoisotopic (exact) mass is 356 g/mol. The first kappa shape index (κ1) is 24.9. The standard InChI is InChI=1S/C23H48O2/c1-4-6-8-9-10-11-12-13-14-15-16-17-18-19-23(21-22(3)24)25-20-7-5-2/h22-24H,4-21H2,1-3H3. The number of unbranched alkanes of at least 4 members (excludes halogenated alkanes) is 13. The molecule has 2 atom stereocenters. The minimum Gasteiger partial charge on any atom is -0.393 e. The Kier molecular flexibility index (Phi) is 20.2. The fourth-order valence-corrected chi connectivity index (χ4v) is 3.43. The van der Waals surface area contributed by atoms with Crippen molar-refractivity contribution >= 4 is 0 Å². The maximum absolute atomic E-state index is 9.60. The van der Waals surface area contributed by atoms with Crippen LogP contribution in [-0.2, 0) is 4.74 Å². The molecule has 0 fully saturated rings. The van der Waals surface area contributed by atoms with Gasteiger partial charge in [0.15, 0.2) is 0 Å². The Bertz CT molecular complexity index is 240. The molecule has 0 saturated heterocycles. The summed E-state index contributed by atoms with van der Waals surface area (Å²) in [6, 6.07) is 0. The van der Waals surface area contributed by atoms with Crippen LogP contribution >= 0.6 is 0 Å². The predicted molar refractivity (Wildman–Crippen MR) is 111 cm³/mol. The van der Waals surface area contributed by atoms with Crippen LogP contribution in [-0.4, -0.2) is 23.9 Å². The fraction of sp³-hybridized carbons (Fsp3) is 1.00. The van der Waals surface area contributed by atoms with E-state index in [9.17, 15) is 5.11 Å². The Labute approximate surface area is 159 Å². The van der Waals surface area contributed by atoms with E-state index in [4.69, 9.17) is 4.74 Å². The van der Waals surface area contributed by atoms with Crippen LogP contribution in [0.2, 0.25) is 0 Å². The van der Waals surface area contributed by atoms with Crippen molar-refractivity contribution in [3.63, 3.8) is 0 Å². The van der Waals surface area contributed by atoms with Crippen molar-refractivity contribution in [2.24, 2.45) is 0 Å². The van der Waals surface area contributed by atoms with E-state index < -0.39 is 0 Å². The summed E-state index contributed by atoms with van der Waals surface area (Å²) in [5.74, 6) is 0. The number of hydrogen-bond acceptors (Lipinski definition) is 2. The smallest absolute Gasteiger partial charge is 0.0599 e. The molecule has 0 radical (unpaired) electrons. The molecule has 152 valence electrons. The van der Waals surface area contributed by atoms with Crippen LogP contribution in [0.15, 0.2) is 0 Å². The lowest BCUT2D eigenvalue weighted by atomic mass is 10.0. The third-order valence-corrected chi connectivity index (χ3v) is 5.09. The second-order valence-corrected chi connectivity index (χ2v) is 7.96. The van der Waals surface area contributed by atoms with Gasteiger partial charge in [0.2, 0.25) is 0 Å². The third kappa shape index (κ3) is 20.1. The maximum atomic E-state index is 9.60. The van der Waals surface area contributed by atoms with Crippen LogP contribution < -0.4 is 0 Å². The lowest BCUT2D eigenvalue weighted by molar-refractivity contribution is 0.0106. The van der Waals surface area contributed by atoms with E-state index in [0.717, 1.165) is 25.9 Å². The van der Waals surface area contributed by atoms with Crippen molar-refractivity contribution < 1.29 is 9.84 Å². The molecule has 0 aliphatic heterocycles. The molecule has 0 aromatic rings. The molecular weight excluding hydrogens is 308 g/mol. The quantitative estimate of drug-likeness (QED) is 0.230. The van der Waals surface area contributed by atoms with Crippen LogP contribution in [0.4, 0.5) is 0 Å². The van der Waals surface area contributed by atoms with Crippen molar-refractivity contribution in [1.82, 2.24) is 0 Å². The van der Waals surface area contributed by atoms with Crippen molar-refractivity contribution in [3.8, 4) is 0 Å². The fourth-order valence-electron chi connectivity index (χ4n) is 3.43. The summed E-state index contributed by atoms with van der Waals surface area (Å²) in [6.07, 6.45) is 22.4. The van der Waals surface area contributed by atoms with Crippen molar-refractivity contribution in [2.45, 2.75) is 142 Å². The minimum absolute atomic E-state index is 0.242. The van der Waals surface area contributed by atoms with Gasteiger partial charge < -0.3 is 9.84 Å². The molecule has 0 aliphatic carbocycles. The van der Waals surface area contributed by atoms with Crippen molar-refractivity contribution in [3.05, 3.63) is 0 Å². The Hall–Kier alpha value is -0.0800. The number of rotatable bonds is 20. The van der Waals surface area contributed by atoms with Gasteiger partial charge in [0.1, 0.15) is 0 Å². The number of hydrogen-bond donors (Lipinski definition) is 1. The molecule has 0 aromatic carbocycles. The Morgan fingerprint density at radius 1 is 0.640 bits per heavy atom. The molecule has 25 heavy (non-hydrogen) atoms. The van der Waals surface area contributed by atoms with Crippen LogP contribution in [0, 0.1) is 0 Å². The van der Waals surface area contributed by atoms with E-state index in [2.05, 4.69) is 13.8 Å². The zero-order valence-corrected chi connectivity index (χ0v) is 17.7. The van der Waals surface area contributed by atoms with Gasteiger partial charge in [0.25, 0.3) is 0 Å². The molecule has 2 unspecified atom stereocenters. The van der Waals surface area contributed by atoms with Crippen molar-refractivity contribution in [2.75, 3.05) is 6.61 Å². The van der Waals surface area contributed by atoms with E-state index in [-0.39, 0.29) is 12.2 Å². The van der Waals surface area contributed by atoms with Gasteiger partial charge in [-0.2, -0.15) is 0 Å². The van der Waals surface area contributed by atoms with Gasteiger partial charge in [0.05, 0.1) is 12.2 Å². The van der Waals surface area contributed by atoms with E-state index >= 15 is 0 Å². The SMILES string of the molecule is CCCCCCCCCCCCCCCC(CC(C)O)OCCCC. The summed E-state index contributed by atoms with van der Waals surface area (Å²) >= 11 is 0. The van der Waals surface area contributed by atoms with Gasteiger partial charge in [-0.3, -0.25) is 0 Å². The molecule has 0 heterocycles. The normalized spacial score (nSPS) is 13.9. The van der Waals surface area contributed by atoms with E-state index in [1.807, 2.05) is 6.92 Å². The molecular formula is C23H48O2. The van der Waals surface area contributed by atoms with Gasteiger partial charge in [-0.05, 0) is 26.2 Å². The summed E-state index contributed by atoms with van der Waals surface area (Å²) in [5, 5.41) is 9.60. The Morgan fingerprint density at radius 2 is 1.08 bits per heavy atom. The number of aliphatic hydroxyl groups is 1. The van der Waals surface area contributed by atoms with Crippen LogP contribution in [0.25, 0.3) is 0 Å². The molecule has 2 heteroatoms. The molecule has 0 aromatic heterocycles. The van der Waals surface area contributed by atoms with Crippen LogP contribution in [0.5, 0.6) is 0 Å². The van der Waals surface area contributed by atoms with Crippen molar-refractivity contribution in [1.29, 1.82) is 0 Å². The predicted octanol–water partition coefficient (Wildman–Crippen LogP) is 7.42. The highest BCUT2D eigenvalue weighted by molar-refractivity contribution is 4.63. The lowest BCUT2D eigenvalue weighted by Gasteiger charge is -2.19. The molecule has 0 saturated carbocycles. The second kappa shape index (κ2) is 20.2. The van der Waals surface area contributed by atoms with Gasteiger partial charge in [-0.25, -0.2) is 0 Å². The Balaban J connectivity index is 3.38. The largest absolute Gasteiger partial charge is 0.393 e. The molecule has 0 spiro atoms. The minimum atomic E-state index is -0.242. The zero-order valence-electron chi connectivity index (χ0n) is 17.7. The van der Waals surface area contributed by atoms with Crippen LogP contribution in [0.3, 0.4) is 0 Å².